The molecule has 0 aliphatic carbocycles. The highest BCUT2D eigenvalue weighted by Gasteiger charge is 2.48. The van der Waals surface area contributed by atoms with Crippen LogP contribution in [0.2, 0.25) is 0 Å². The third-order valence-electron chi connectivity index (χ3n) is 5.25. The van der Waals surface area contributed by atoms with Gasteiger partial charge in [-0.05, 0) is 29.6 Å². The summed E-state index contributed by atoms with van der Waals surface area (Å²) in [6.45, 7) is 11.3. The fraction of sp³-hybridized carbons (Fsp3) is 0.500. The molecule has 1 aliphatic heterocycles. The van der Waals surface area contributed by atoms with Gasteiger partial charge in [-0.3, -0.25) is 4.57 Å². The summed E-state index contributed by atoms with van der Waals surface area (Å²) in [5.41, 5.74) is -0.133. The van der Waals surface area contributed by atoms with E-state index in [-0.39, 0.29) is 16.8 Å². The summed E-state index contributed by atoms with van der Waals surface area (Å²) in [4.78, 5) is 0. The zero-order valence-corrected chi connectivity index (χ0v) is 22.5. The molecule has 8 heteroatoms. The van der Waals surface area contributed by atoms with Crippen molar-refractivity contribution in [3.05, 3.63) is 60.7 Å². The SMILES string of the molecule is CCOP(=O)(OCC)[C@@H]1OC[C@H](C(O[SiH](c2ccccc2)c2ccccc2)C(C)(C)C)S1. The quantitative estimate of drug-likeness (QED) is 0.354. The molecule has 0 N–H and O–H groups in total. The summed E-state index contributed by atoms with van der Waals surface area (Å²) in [6.07, 6.45) is -0.0914. The Balaban J connectivity index is 1.87. The van der Waals surface area contributed by atoms with Crippen molar-refractivity contribution >= 4 is 38.8 Å². The summed E-state index contributed by atoms with van der Waals surface area (Å²) in [7, 11) is -5.30. The van der Waals surface area contributed by atoms with Crippen LogP contribution < -0.4 is 10.4 Å². The lowest BCUT2D eigenvalue weighted by molar-refractivity contribution is 0.0590. The van der Waals surface area contributed by atoms with E-state index in [1.54, 1.807) is 0 Å². The smallest absolute Gasteiger partial charge is 0.369 e. The van der Waals surface area contributed by atoms with E-state index in [0.717, 1.165) is 0 Å². The maximum Gasteiger partial charge on any atom is 0.369 e. The van der Waals surface area contributed by atoms with Gasteiger partial charge >= 0.3 is 7.60 Å². The number of benzene rings is 2. The molecule has 1 unspecified atom stereocenters. The predicted octanol–water partition coefficient (Wildman–Crippen LogP) is 4.64. The van der Waals surface area contributed by atoms with Crippen molar-refractivity contribution in [2.45, 2.75) is 51.1 Å². The minimum atomic E-state index is -3.35. The third-order valence-corrected chi connectivity index (χ3v) is 11.9. The fourth-order valence-corrected chi connectivity index (χ4v) is 10.7. The maximum absolute atomic E-state index is 13.3. The van der Waals surface area contributed by atoms with Crippen LogP contribution in [0, 0.1) is 5.41 Å². The van der Waals surface area contributed by atoms with E-state index in [0.29, 0.717) is 19.8 Å². The number of thioether (sulfide) groups is 1. The van der Waals surface area contributed by atoms with E-state index in [1.165, 1.54) is 22.1 Å². The van der Waals surface area contributed by atoms with E-state index in [2.05, 4.69) is 69.3 Å². The molecule has 176 valence electrons. The number of rotatable bonds is 10. The van der Waals surface area contributed by atoms with Gasteiger partial charge in [-0.2, -0.15) is 0 Å². The lowest BCUT2D eigenvalue weighted by Crippen LogP contribution is -2.52. The highest BCUT2D eigenvalue weighted by molar-refractivity contribution is 8.06. The van der Waals surface area contributed by atoms with Gasteiger partial charge < -0.3 is 18.2 Å². The van der Waals surface area contributed by atoms with Crippen LogP contribution in [0.15, 0.2) is 60.7 Å². The molecule has 1 heterocycles. The molecule has 0 saturated carbocycles. The predicted molar refractivity (Wildman–Crippen MR) is 136 cm³/mol. The van der Waals surface area contributed by atoms with Crippen molar-refractivity contribution in [3.8, 4) is 0 Å². The molecule has 0 radical (unpaired) electrons. The standard InChI is InChI=1S/C24H35O5PSSi/c1-6-27-30(25,28-7-2)23-26-18-21(31-23)22(24(3,4)5)29-32(19-14-10-8-11-15-19)20-16-12-9-13-17-20/h8-17,21-23,32H,6-7,18H2,1-5H3/t21-,22?,23+/m1/s1. The summed E-state index contributed by atoms with van der Waals surface area (Å²) >= 11 is 1.53. The highest BCUT2D eigenvalue weighted by Crippen LogP contribution is 2.61. The first kappa shape index (κ1) is 25.7. The van der Waals surface area contributed by atoms with Gasteiger partial charge in [0.25, 0.3) is 0 Å². The average Bonchev–Trinajstić information content (AvgIpc) is 3.25. The van der Waals surface area contributed by atoms with E-state index >= 15 is 0 Å². The minimum Gasteiger partial charge on any atom is -0.406 e. The first-order valence-corrected chi connectivity index (χ1v) is 15.4. The van der Waals surface area contributed by atoms with Crippen molar-refractivity contribution in [2.75, 3.05) is 19.8 Å². The molecule has 3 atom stereocenters. The molecule has 0 aromatic heterocycles. The lowest BCUT2D eigenvalue weighted by Gasteiger charge is -2.37. The Morgan fingerprint density at radius 3 is 1.94 bits per heavy atom. The van der Waals surface area contributed by atoms with E-state index in [1.807, 2.05) is 26.0 Å². The second-order valence-electron chi connectivity index (χ2n) is 8.81. The molecule has 2 aromatic rings. The number of hydrogen-bond acceptors (Lipinski definition) is 6. The molecule has 2 aromatic carbocycles. The molecular formula is C24H35O5PSSi. The van der Waals surface area contributed by atoms with Crippen LogP contribution in [0.5, 0.6) is 0 Å². The molecule has 32 heavy (non-hydrogen) atoms. The second-order valence-corrected chi connectivity index (χ2v) is 14.9. The molecule has 0 spiro atoms. The first-order valence-electron chi connectivity index (χ1n) is 11.2. The van der Waals surface area contributed by atoms with Crippen LogP contribution in [0.1, 0.15) is 34.6 Å². The zero-order chi connectivity index (χ0) is 23.2. The lowest BCUT2D eigenvalue weighted by atomic mass is 9.87. The largest absolute Gasteiger partial charge is 0.406 e. The molecule has 1 aliphatic rings. The molecule has 1 fully saturated rings. The second kappa shape index (κ2) is 11.5. The molecule has 1 saturated heterocycles. The summed E-state index contributed by atoms with van der Waals surface area (Å²) < 4.78 is 37.4. The van der Waals surface area contributed by atoms with Crippen molar-refractivity contribution in [3.63, 3.8) is 0 Å². The van der Waals surface area contributed by atoms with Gasteiger partial charge in [0.05, 0.1) is 31.2 Å². The van der Waals surface area contributed by atoms with Gasteiger partial charge in [0.15, 0.2) is 0 Å². The van der Waals surface area contributed by atoms with Gasteiger partial charge in [-0.25, -0.2) is 0 Å². The van der Waals surface area contributed by atoms with Crippen molar-refractivity contribution in [2.24, 2.45) is 5.41 Å². The Morgan fingerprint density at radius 1 is 1.00 bits per heavy atom. The van der Waals surface area contributed by atoms with Gasteiger partial charge in [0.2, 0.25) is 14.2 Å². The summed E-state index contributed by atoms with van der Waals surface area (Å²) in [5.74, 6) is 0. The molecule has 0 bridgehead atoms. The van der Waals surface area contributed by atoms with Gasteiger partial charge in [-0.1, -0.05) is 81.4 Å². The Hall–Kier alpha value is -0.923. The molecule has 5 nitrogen and oxygen atoms in total. The molecule has 0 amide bonds. The van der Waals surface area contributed by atoms with Crippen molar-refractivity contribution in [1.82, 2.24) is 0 Å². The minimum absolute atomic E-state index is 0.0247. The molecular weight excluding hydrogens is 459 g/mol. The monoisotopic (exact) mass is 494 g/mol. The van der Waals surface area contributed by atoms with Crippen LogP contribution in [0.3, 0.4) is 0 Å². The average molecular weight is 495 g/mol. The Morgan fingerprint density at radius 2 is 1.50 bits per heavy atom. The highest BCUT2D eigenvalue weighted by atomic mass is 32.2. The molecule has 3 rings (SSSR count). The fourth-order valence-electron chi connectivity index (χ4n) is 3.85. The maximum atomic E-state index is 13.3. The van der Waals surface area contributed by atoms with Crippen molar-refractivity contribution < 1.29 is 22.8 Å². The number of hydrogen-bond donors (Lipinski definition) is 0. The Kier molecular flexibility index (Phi) is 9.21. The summed E-state index contributed by atoms with van der Waals surface area (Å²) in [5, 5.41) is 1.87. The summed E-state index contributed by atoms with van der Waals surface area (Å²) in [6, 6.07) is 21.0. The van der Waals surface area contributed by atoms with E-state index in [4.69, 9.17) is 18.2 Å². The van der Waals surface area contributed by atoms with E-state index in [9.17, 15) is 4.57 Å². The topological polar surface area (TPSA) is 54.0 Å². The van der Waals surface area contributed by atoms with Gasteiger partial charge in [0.1, 0.15) is 0 Å². The van der Waals surface area contributed by atoms with Crippen LogP contribution in [-0.4, -0.2) is 45.4 Å². The van der Waals surface area contributed by atoms with Gasteiger partial charge in [0, 0.05) is 0 Å². The van der Waals surface area contributed by atoms with Crippen LogP contribution >= 0.6 is 19.4 Å². The number of ether oxygens (including phenoxy) is 1. The van der Waals surface area contributed by atoms with Crippen LogP contribution in [-0.2, 0) is 22.8 Å². The van der Waals surface area contributed by atoms with Crippen LogP contribution in [0.25, 0.3) is 0 Å². The Labute approximate surface area is 198 Å². The Bertz CT molecular complexity index is 827. The van der Waals surface area contributed by atoms with Crippen molar-refractivity contribution in [1.29, 1.82) is 0 Å². The van der Waals surface area contributed by atoms with Gasteiger partial charge in [-0.15, -0.1) is 11.8 Å². The normalized spacial score (nSPS) is 20.6. The zero-order valence-electron chi connectivity index (χ0n) is 19.6. The van der Waals surface area contributed by atoms with E-state index < -0.39 is 21.8 Å². The third kappa shape index (κ3) is 6.35. The first-order chi connectivity index (χ1) is 15.3. The van der Waals surface area contributed by atoms with Crippen LogP contribution in [0.4, 0.5) is 0 Å².